The van der Waals surface area contributed by atoms with Gasteiger partial charge in [-0.05, 0) is 18.8 Å². The molecule has 2 aliphatic rings. The molecular weight excluding hydrogens is 190 g/mol. The highest BCUT2D eigenvalue weighted by Gasteiger charge is 2.51. The highest BCUT2D eigenvalue weighted by atomic mass is 16.3. The van der Waals surface area contributed by atoms with Gasteiger partial charge in [0.25, 0.3) is 0 Å². The number of hydrogen-bond donors (Lipinski definition) is 1. The maximum absolute atomic E-state index is 10.1. The Morgan fingerprint density at radius 2 is 2.27 bits per heavy atom. The van der Waals surface area contributed by atoms with Gasteiger partial charge in [0, 0.05) is 32.5 Å². The second-order valence-electron chi connectivity index (χ2n) is 4.98. The number of rotatable bonds is 3. The van der Waals surface area contributed by atoms with Crippen molar-refractivity contribution in [3.05, 3.63) is 18.2 Å². The van der Waals surface area contributed by atoms with Crippen molar-refractivity contribution in [1.29, 1.82) is 0 Å². The number of hydrogen-bond acceptors (Lipinski definition) is 3. The molecule has 0 bridgehead atoms. The number of aliphatic hydroxyl groups is 1. The third-order valence-corrected chi connectivity index (χ3v) is 3.62. The molecule has 4 heteroatoms. The van der Waals surface area contributed by atoms with E-state index in [9.17, 15) is 5.11 Å². The van der Waals surface area contributed by atoms with Crippen molar-refractivity contribution in [3.63, 3.8) is 0 Å². The fraction of sp³-hybridized carbons (Fsp3) is 0.727. The molecule has 1 aliphatic heterocycles. The van der Waals surface area contributed by atoms with Crippen LogP contribution in [0.1, 0.15) is 18.7 Å². The highest BCUT2D eigenvalue weighted by molar-refractivity contribution is 5.06. The molecule has 15 heavy (non-hydrogen) atoms. The van der Waals surface area contributed by atoms with Crippen LogP contribution in [0.3, 0.4) is 0 Å². The summed E-state index contributed by atoms with van der Waals surface area (Å²) in [6, 6.07) is 0. The molecule has 0 amide bonds. The summed E-state index contributed by atoms with van der Waals surface area (Å²) < 4.78 is 2.04. The van der Waals surface area contributed by atoms with Gasteiger partial charge in [0.15, 0.2) is 0 Å². The smallest absolute Gasteiger partial charge is 0.122 e. The first-order valence-corrected chi connectivity index (χ1v) is 5.58. The molecule has 1 N–H and O–H groups in total. The lowest BCUT2D eigenvalue weighted by Gasteiger charge is -2.46. The van der Waals surface area contributed by atoms with E-state index in [2.05, 4.69) is 9.88 Å². The minimum absolute atomic E-state index is 0.370. The van der Waals surface area contributed by atoms with Gasteiger partial charge in [-0.15, -0.1) is 0 Å². The van der Waals surface area contributed by atoms with Gasteiger partial charge in [-0.1, -0.05) is 0 Å². The maximum atomic E-state index is 10.1. The third kappa shape index (κ3) is 1.58. The van der Waals surface area contributed by atoms with E-state index in [1.807, 2.05) is 24.0 Å². The topological polar surface area (TPSA) is 41.3 Å². The molecular formula is C11H17N3O. The van der Waals surface area contributed by atoms with E-state index in [1.54, 1.807) is 0 Å². The van der Waals surface area contributed by atoms with Crippen molar-refractivity contribution in [3.8, 4) is 0 Å². The number of aromatic nitrogens is 2. The maximum Gasteiger partial charge on any atom is 0.122 e. The van der Waals surface area contributed by atoms with Crippen molar-refractivity contribution < 1.29 is 5.11 Å². The molecule has 4 nitrogen and oxygen atoms in total. The number of β-amino-alcohol motifs (C(OH)–C–C–N with tert-alkyl or cyclic N) is 1. The Balaban J connectivity index is 1.57. The summed E-state index contributed by atoms with van der Waals surface area (Å²) in [7, 11) is 2.01. The molecule has 1 aliphatic carbocycles. The summed E-state index contributed by atoms with van der Waals surface area (Å²) in [6.07, 6.45) is 6.21. The van der Waals surface area contributed by atoms with Crippen molar-refractivity contribution in [2.24, 2.45) is 13.0 Å². The largest absolute Gasteiger partial charge is 0.387 e. The van der Waals surface area contributed by atoms with E-state index < -0.39 is 0 Å². The molecule has 2 fully saturated rings. The van der Waals surface area contributed by atoms with Crippen LogP contribution in [0.4, 0.5) is 0 Å². The normalized spacial score (nSPS) is 25.2. The first-order chi connectivity index (χ1) is 7.17. The minimum atomic E-state index is -0.370. The van der Waals surface area contributed by atoms with Crippen LogP contribution in [-0.4, -0.2) is 38.2 Å². The minimum Gasteiger partial charge on any atom is -0.387 e. The van der Waals surface area contributed by atoms with Crippen LogP contribution < -0.4 is 0 Å². The third-order valence-electron chi connectivity index (χ3n) is 3.62. The molecule has 82 valence electrons. The quantitative estimate of drug-likeness (QED) is 0.779. The fourth-order valence-electron chi connectivity index (χ4n) is 2.47. The second-order valence-corrected chi connectivity index (χ2v) is 4.98. The summed E-state index contributed by atoms with van der Waals surface area (Å²) in [4.78, 5) is 6.55. The molecule has 0 radical (unpaired) electrons. The molecule has 0 spiro atoms. The zero-order valence-electron chi connectivity index (χ0n) is 9.06. The Hall–Kier alpha value is -0.870. The number of nitrogens with zero attached hydrogens (tertiary/aromatic N) is 3. The van der Waals surface area contributed by atoms with Crippen LogP contribution in [0.2, 0.25) is 0 Å². The summed E-state index contributed by atoms with van der Waals surface area (Å²) in [5.41, 5.74) is -0.370. The average molecular weight is 207 g/mol. The zero-order valence-corrected chi connectivity index (χ0v) is 9.06. The van der Waals surface area contributed by atoms with Crippen LogP contribution in [0.25, 0.3) is 0 Å². The van der Waals surface area contributed by atoms with Gasteiger partial charge in [-0.3, -0.25) is 4.90 Å². The standard InChI is InChI=1S/C11H17N3O/c1-13-5-4-12-10(13)6-14-7-11(15,8-14)9-2-3-9/h4-5,9,15H,2-3,6-8H2,1H3. The first-order valence-electron chi connectivity index (χ1n) is 5.58. The predicted octanol–water partition coefficient (Wildman–Crippen LogP) is 0.377. The summed E-state index contributed by atoms with van der Waals surface area (Å²) >= 11 is 0. The van der Waals surface area contributed by atoms with Gasteiger partial charge >= 0.3 is 0 Å². The zero-order chi connectivity index (χ0) is 10.5. The molecule has 1 saturated heterocycles. The lowest BCUT2D eigenvalue weighted by molar-refractivity contribution is -0.117. The van der Waals surface area contributed by atoms with Crippen LogP contribution in [-0.2, 0) is 13.6 Å². The first kappa shape index (κ1) is 9.36. The Kier molecular flexibility index (Phi) is 1.91. The Bertz CT molecular complexity index is 364. The van der Waals surface area contributed by atoms with Crippen molar-refractivity contribution in [2.75, 3.05) is 13.1 Å². The average Bonchev–Trinajstić information content (AvgIpc) is 2.91. The van der Waals surface area contributed by atoms with Crippen molar-refractivity contribution >= 4 is 0 Å². The Morgan fingerprint density at radius 1 is 1.53 bits per heavy atom. The molecule has 3 rings (SSSR count). The van der Waals surface area contributed by atoms with E-state index in [0.29, 0.717) is 5.92 Å². The lowest BCUT2D eigenvalue weighted by atomic mass is 9.89. The number of imidazole rings is 1. The monoisotopic (exact) mass is 207 g/mol. The Labute approximate surface area is 89.5 Å². The SMILES string of the molecule is Cn1ccnc1CN1CC(O)(C2CC2)C1. The van der Waals surface area contributed by atoms with Crippen molar-refractivity contribution in [1.82, 2.24) is 14.5 Å². The number of aryl methyl sites for hydroxylation is 1. The van der Waals surface area contributed by atoms with Crippen LogP contribution >= 0.6 is 0 Å². The van der Waals surface area contributed by atoms with E-state index in [1.165, 1.54) is 12.8 Å². The predicted molar refractivity (Wildman–Crippen MR) is 56.2 cm³/mol. The van der Waals surface area contributed by atoms with Crippen LogP contribution in [0.5, 0.6) is 0 Å². The summed E-state index contributed by atoms with van der Waals surface area (Å²) in [5, 5.41) is 10.1. The highest BCUT2D eigenvalue weighted by Crippen LogP contribution is 2.44. The molecule has 1 aromatic rings. The molecule has 1 aromatic heterocycles. The van der Waals surface area contributed by atoms with E-state index in [-0.39, 0.29) is 5.60 Å². The van der Waals surface area contributed by atoms with Crippen molar-refractivity contribution in [2.45, 2.75) is 25.0 Å². The second kappa shape index (κ2) is 3.06. The molecule has 0 unspecified atom stereocenters. The molecule has 2 heterocycles. The fourth-order valence-corrected chi connectivity index (χ4v) is 2.47. The van der Waals surface area contributed by atoms with Gasteiger partial charge < -0.3 is 9.67 Å². The van der Waals surface area contributed by atoms with E-state index in [0.717, 1.165) is 25.5 Å². The van der Waals surface area contributed by atoms with E-state index >= 15 is 0 Å². The molecule has 0 aromatic carbocycles. The molecule has 0 atom stereocenters. The van der Waals surface area contributed by atoms with Gasteiger partial charge in [-0.2, -0.15) is 0 Å². The summed E-state index contributed by atoms with van der Waals surface area (Å²) in [6.45, 7) is 2.51. The lowest BCUT2D eigenvalue weighted by Crippen LogP contribution is -2.62. The van der Waals surface area contributed by atoms with E-state index in [4.69, 9.17) is 0 Å². The van der Waals surface area contributed by atoms with Gasteiger partial charge in [0.05, 0.1) is 12.1 Å². The Morgan fingerprint density at radius 3 is 2.80 bits per heavy atom. The molecule has 1 saturated carbocycles. The number of likely N-dealkylation sites (tertiary alicyclic amines) is 1. The van der Waals surface area contributed by atoms with Crippen LogP contribution in [0, 0.1) is 5.92 Å². The van der Waals surface area contributed by atoms with Gasteiger partial charge in [0.1, 0.15) is 5.82 Å². The summed E-state index contributed by atoms with van der Waals surface area (Å²) in [5.74, 6) is 1.66. The van der Waals surface area contributed by atoms with Gasteiger partial charge in [-0.25, -0.2) is 4.98 Å². The van der Waals surface area contributed by atoms with Gasteiger partial charge in [0.2, 0.25) is 0 Å². The van der Waals surface area contributed by atoms with Crippen LogP contribution in [0.15, 0.2) is 12.4 Å².